The van der Waals surface area contributed by atoms with Gasteiger partial charge in [-0.1, -0.05) is 34.2 Å². The Labute approximate surface area is 73.7 Å². The van der Waals surface area contributed by atoms with Crippen LogP contribution in [0, 0.1) is 5.92 Å². The first kappa shape index (κ1) is 8.53. The van der Waals surface area contributed by atoms with Crippen molar-refractivity contribution in [3.8, 4) is 0 Å². The summed E-state index contributed by atoms with van der Waals surface area (Å²) in [7, 11) is 0. The number of halogens is 1. The first-order valence-corrected chi connectivity index (χ1v) is 4.22. The molecular weight excluding hydrogens is 208 g/mol. The van der Waals surface area contributed by atoms with E-state index in [1.54, 1.807) is 0 Å². The van der Waals surface area contributed by atoms with Crippen LogP contribution >= 0.6 is 15.9 Å². The molecule has 0 aromatic heterocycles. The van der Waals surface area contributed by atoms with Gasteiger partial charge in [-0.15, -0.1) is 0 Å². The maximum absolute atomic E-state index is 10.3. The van der Waals surface area contributed by atoms with Crippen molar-refractivity contribution in [1.29, 1.82) is 0 Å². The summed E-state index contributed by atoms with van der Waals surface area (Å²) in [5.41, 5.74) is 0. The zero-order valence-electron chi connectivity index (χ0n) is 5.96. The first-order chi connectivity index (χ1) is 5.18. The van der Waals surface area contributed by atoms with E-state index < -0.39 is 5.97 Å². The molecule has 1 N–H and O–H groups in total. The third-order valence-electron chi connectivity index (χ3n) is 1.55. The fourth-order valence-corrected chi connectivity index (χ4v) is 1.64. The number of hydrogen-bond acceptors (Lipinski definition) is 1. The number of carboxylic acids is 1. The molecule has 1 atom stereocenters. The average molecular weight is 217 g/mol. The molecule has 0 spiro atoms. The van der Waals surface area contributed by atoms with Crippen LogP contribution in [0.4, 0.5) is 0 Å². The highest BCUT2D eigenvalue weighted by atomic mass is 79.9. The van der Waals surface area contributed by atoms with Gasteiger partial charge in [-0.25, -0.2) is 0 Å². The second-order valence-electron chi connectivity index (χ2n) is 2.56. The van der Waals surface area contributed by atoms with Gasteiger partial charge in [0.2, 0.25) is 0 Å². The molecule has 1 rings (SSSR count). The van der Waals surface area contributed by atoms with Crippen LogP contribution < -0.4 is 0 Å². The van der Waals surface area contributed by atoms with Gasteiger partial charge in [0.15, 0.2) is 0 Å². The highest BCUT2D eigenvalue weighted by Crippen LogP contribution is 2.24. The van der Waals surface area contributed by atoms with E-state index in [9.17, 15) is 4.79 Å². The molecule has 0 saturated carbocycles. The maximum atomic E-state index is 10.3. The van der Waals surface area contributed by atoms with E-state index >= 15 is 0 Å². The molecule has 0 aromatic rings. The smallest absolute Gasteiger partial charge is 0.303 e. The highest BCUT2D eigenvalue weighted by Gasteiger charge is 2.12. The summed E-state index contributed by atoms with van der Waals surface area (Å²) in [6.45, 7) is 0. The summed E-state index contributed by atoms with van der Waals surface area (Å²) in [6, 6.07) is 0. The highest BCUT2D eigenvalue weighted by molar-refractivity contribution is 9.11. The number of carbonyl (C=O) groups is 1. The molecule has 0 bridgehead atoms. The van der Waals surface area contributed by atoms with Crippen LogP contribution in [0.15, 0.2) is 22.7 Å². The topological polar surface area (TPSA) is 37.3 Å². The van der Waals surface area contributed by atoms with Crippen LogP contribution in [-0.2, 0) is 4.79 Å². The Morgan fingerprint density at radius 2 is 2.55 bits per heavy atom. The lowest BCUT2D eigenvalue weighted by Crippen LogP contribution is -2.06. The summed E-state index contributed by atoms with van der Waals surface area (Å²) in [6.07, 6.45) is 6.79. The quantitative estimate of drug-likeness (QED) is 0.770. The van der Waals surface area contributed by atoms with Gasteiger partial charge >= 0.3 is 5.97 Å². The number of hydrogen-bond donors (Lipinski definition) is 1. The molecule has 2 nitrogen and oxygen atoms in total. The van der Waals surface area contributed by atoms with Gasteiger partial charge in [-0.3, -0.25) is 4.79 Å². The van der Waals surface area contributed by atoms with Gasteiger partial charge in [0.25, 0.3) is 0 Å². The molecule has 3 heteroatoms. The molecule has 0 aromatic carbocycles. The summed E-state index contributed by atoms with van der Waals surface area (Å²) < 4.78 is 1.08. The van der Waals surface area contributed by atoms with Crippen LogP contribution in [-0.4, -0.2) is 11.1 Å². The van der Waals surface area contributed by atoms with Crippen molar-refractivity contribution in [1.82, 2.24) is 0 Å². The van der Waals surface area contributed by atoms with Gasteiger partial charge in [-0.2, -0.15) is 0 Å². The molecule has 1 aliphatic rings. The number of allylic oxidation sites excluding steroid dienone is 4. The Kier molecular flexibility index (Phi) is 2.88. The molecule has 0 saturated heterocycles. The Balaban J connectivity index is 2.46. The maximum Gasteiger partial charge on any atom is 0.303 e. The van der Waals surface area contributed by atoms with Gasteiger partial charge in [0.1, 0.15) is 0 Å². The van der Waals surface area contributed by atoms with Crippen molar-refractivity contribution in [2.24, 2.45) is 5.92 Å². The lowest BCUT2D eigenvalue weighted by atomic mass is 9.98. The van der Waals surface area contributed by atoms with E-state index in [4.69, 9.17) is 5.11 Å². The normalized spacial score (nSPS) is 23.0. The van der Waals surface area contributed by atoms with Crippen molar-refractivity contribution >= 4 is 21.9 Å². The van der Waals surface area contributed by atoms with E-state index in [0.29, 0.717) is 0 Å². The number of rotatable bonds is 2. The first-order valence-electron chi connectivity index (χ1n) is 3.43. The van der Waals surface area contributed by atoms with E-state index in [-0.39, 0.29) is 12.3 Å². The second-order valence-corrected chi connectivity index (χ2v) is 3.58. The lowest BCUT2D eigenvalue weighted by molar-refractivity contribution is -0.137. The van der Waals surface area contributed by atoms with E-state index in [1.165, 1.54) is 0 Å². The van der Waals surface area contributed by atoms with Crippen molar-refractivity contribution in [3.63, 3.8) is 0 Å². The third kappa shape index (κ3) is 2.89. The SMILES string of the molecule is O=C(O)CC1C=CC=C(Br)C1. The summed E-state index contributed by atoms with van der Waals surface area (Å²) in [5.74, 6) is -0.575. The summed E-state index contributed by atoms with van der Waals surface area (Å²) in [5, 5.41) is 8.48. The Morgan fingerprint density at radius 3 is 3.09 bits per heavy atom. The molecule has 1 unspecified atom stereocenters. The number of carboxylic acid groups (broad SMARTS) is 1. The molecule has 0 amide bonds. The van der Waals surface area contributed by atoms with Crippen LogP contribution in [0.2, 0.25) is 0 Å². The van der Waals surface area contributed by atoms with Crippen molar-refractivity contribution in [2.45, 2.75) is 12.8 Å². The predicted octanol–water partition coefficient (Wildman–Crippen LogP) is 2.32. The summed E-state index contributed by atoms with van der Waals surface area (Å²) in [4.78, 5) is 10.3. The van der Waals surface area contributed by atoms with E-state index in [2.05, 4.69) is 15.9 Å². The Hall–Kier alpha value is -0.570. The Bertz CT molecular complexity index is 216. The molecule has 1 aliphatic carbocycles. The molecule has 0 heterocycles. The Morgan fingerprint density at radius 1 is 1.82 bits per heavy atom. The van der Waals surface area contributed by atoms with Crippen LogP contribution in [0.5, 0.6) is 0 Å². The van der Waals surface area contributed by atoms with Crippen LogP contribution in [0.25, 0.3) is 0 Å². The molecule has 0 radical (unpaired) electrons. The average Bonchev–Trinajstić information content (AvgIpc) is 1.85. The predicted molar refractivity (Wildman–Crippen MR) is 46.5 cm³/mol. The zero-order chi connectivity index (χ0) is 8.27. The van der Waals surface area contributed by atoms with Gasteiger partial charge < -0.3 is 5.11 Å². The standard InChI is InChI=1S/C8H9BrO2/c9-7-3-1-2-6(4-7)5-8(10)11/h1-3,6H,4-5H2,(H,10,11). The largest absolute Gasteiger partial charge is 0.481 e. The molecule has 0 fully saturated rings. The minimum absolute atomic E-state index is 0.159. The minimum Gasteiger partial charge on any atom is -0.481 e. The third-order valence-corrected chi connectivity index (χ3v) is 2.14. The zero-order valence-corrected chi connectivity index (χ0v) is 7.54. The van der Waals surface area contributed by atoms with Gasteiger partial charge in [0, 0.05) is 0 Å². The van der Waals surface area contributed by atoms with Crippen molar-refractivity contribution < 1.29 is 9.90 Å². The molecular formula is C8H9BrO2. The van der Waals surface area contributed by atoms with Crippen LogP contribution in [0.3, 0.4) is 0 Å². The molecule has 11 heavy (non-hydrogen) atoms. The minimum atomic E-state index is -0.734. The second kappa shape index (κ2) is 3.72. The lowest BCUT2D eigenvalue weighted by Gasteiger charge is -2.11. The van der Waals surface area contributed by atoms with E-state index in [0.717, 1.165) is 10.9 Å². The number of aliphatic carboxylic acids is 1. The fraction of sp³-hybridized carbons (Fsp3) is 0.375. The fourth-order valence-electron chi connectivity index (χ4n) is 1.07. The monoisotopic (exact) mass is 216 g/mol. The van der Waals surface area contributed by atoms with Gasteiger partial charge in [0.05, 0.1) is 6.42 Å². The molecule has 60 valence electrons. The van der Waals surface area contributed by atoms with E-state index in [1.807, 2.05) is 18.2 Å². The van der Waals surface area contributed by atoms with Crippen LogP contribution in [0.1, 0.15) is 12.8 Å². The summed E-state index contributed by atoms with van der Waals surface area (Å²) >= 11 is 3.34. The van der Waals surface area contributed by atoms with Crippen molar-refractivity contribution in [2.75, 3.05) is 0 Å². The molecule has 0 aliphatic heterocycles. The van der Waals surface area contributed by atoms with Gasteiger partial charge in [-0.05, 0) is 16.8 Å². The van der Waals surface area contributed by atoms with Crippen molar-refractivity contribution in [3.05, 3.63) is 22.7 Å².